The van der Waals surface area contributed by atoms with Gasteiger partial charge in [0, 0.05) is 19.6 Å². The summed E-state index contributed by atoms with van der Waals surface area (Å²) in [6.45, 7) is 9.43. The summed E-state index contributed by atoms with van der Waals surface area (Å²) in [7, 11) is 0. The van der Waals surface area contributed by atoms with Gasteiger partial charge < -0.3 is 15.3 Å². The number of phenols is 1. The van der Waals surface area contributed by atoms with Crippen molar-refractivity contribution in [3.8, 4) is 5.75 Å². The zero-order valence-electron chi connectivity index (χ0n) is 24.5. The van der Waals surface area contributed by atoms with E-state index in [1.807, 2.05) is 64.1 Å². The Hall–Kier alpha value is -2.80. The van der Waals surface area contributed by atoms with Gasteiger partial charge in [0.15, 0.2) is 0 Å². The van der Waals surface area contributed by atoms with E-state index in [0.717, 1.165) is 36.0 Å². The standard InChI is InChI=1S/C30H35F2NO3.2C2H6/c31-26-12-11-22-15-25(10-9-23(22)16-26)30(36)20-33(18-21-5-2-1-3-6-21)19-28(34)8-4-7-24-17-27(32)13-14-29(24)35;2*1-2/h1-3,5-6,11-14,16-17,25,28,30,34-36H,4,7-10,15,18-20H2;2*1-2H3/t25-,28+,30-;;/m0../s1. The number of halogens is 2. The van der Waals surface area contributed by atoms with Crippen LogP contribution in [0.5, 0.6) is 5.75 Å². The molecule has 220 valence electrons. The molecule has 0 aliphatic heterocycles. The zero-order chi connectivity index (χ0) is 29.5. The summed E-state index contributed by atoms with van der Waals surface area (Å²) in [5.41, 5.74) is 3.77. The van der Waals surface area contributed by atoms with Crippen LogP contribution in [0.2, 0.25) is 0 Å². The SMILES string of the molecule is CC.CC.Oc1ccc(F)cc1CCC[C@@H](O)CN(Cc1ccccc1)C[C@H](O)[C@H]1CCc2cc(F)ccc2C1. The van der Waals surface area contributed by atoms with E-state index >= 15 is 0 Å². The van der Waals surface area contributed by atoms with Gasteiger partial charge in [0.25, 0.3) is 0 Å². The minimum Gasteiger partial charge on any atom is -0.508 e. The molecule has 0 saturated carbocycles. The Morgan fingerprint density at radius 2 is 1.52 bits per heavy atom. The fourth-order valence-electron chi connectivity index (χ4n) is 5.21. The summed E-state index contributed by atoms with van der Waals surface area (Å²) < 4.78 is 27.0. The largest absolute Gasteiger partial charge is 0.508 e. The van der Waals surface area contributed by atoms with E-state index in [-0.39, 0.29) is 23.3 Å². The first-order valence-corrected chi connectivity index (χ1v) is 14.7. The normalized spacial score (nSPS) is 15.7. The molecule has 0 heterocycles. The fourth-order valence-corrected chi connectivity index (χ4v) is 5.21. The van der Waals surface area contributed by atoms with Crippen molar-refractivity contribution < 1.29 is 24.1 Å². The minimum atomic E-state index is -0.619. The number of phenolic OH excluding ortho intramolecular Hbond substituents is 1. The average Bonchev–Trinajstić information content (AvgIpc) is 2.97. The van der Waals surface area contributed by atoms with Crippen molar-refractivity contribution in [1.82, 2.24) is 4.90 Å². The van der Waals surface area contributed by atoms with Gasteiger partial charge in [-0.2, -0.15) is 0 Å². The lowest BCUT2D eigenvalue weighted by Crippen LogP contribution is -2.41. The van der Waals surface area contributed by atoms with E-state index in [1.165, 1.54) is 24.3 Å². The van der Waals surface area contributed by atoms with Crippen LogP contribution in [0.25, 0.3) is 0 Å². The van der Waals surface area contributed by atoms with Crippen LogP contribution < -0.4 is 0 Å². The lowest BCUT2D eigenvalue weighted by molar-refractivity contribution is 0.0313. The van der Waals surface area contributed by atoms with Gasteiger partial charge in [-0.25, -0.2) is 8.78 Å². The molecule has 3 atom stereocenters. The topological polar surface area (TPSA) is 63.9 Å². The van der Waals surface area contributed by atoms with Gasteiger partial charge in [0.1, 0.15) is 17.4 Å². The Balaban J connectivity index is 0.00000134. The van der Waals surface area contributed by atoms with E-state index in [9.17, 15) is 24.1 Å². The summed E-state index contributed by atoms with van der Waals surface area (Å²) in [5.74, 6) is -0.462. The zero-order valence-corrected chi connectivity index (χ0v) is 24.5. The predicted octanol–water partition coefficient (Wildman–Crippen LogP) is 7.07. The number of aliphatic hydroxyl groups is 2. The van der Waals surface area contributed by atoms with Crippen molar-refractivity contribution in [1.29, 1.82) is 0 Å². The van der Waals surface area contributed by atoms with Gasteiger partial charge in [0.05, 0.1) is 12.2 Å². The molecular weight excluding hydrogens is 508 g/mol. The maximum Gasteiger partial charge on any atom is 0.123 e. The van der Waals surface area contributed by atoms with E-state index in [1.54, 1.807) is 6.07 Å². The number of hydrogen-bond donors (Lipinski definition) is 3. The maximum absolute atomic E-state index is 13.6. The van der Waals surface area contributed by atoms with Crippen LogP contribution in [0.4, 0.5) is 8.78 Å². The molecule has 0 radical (unpaired) electrons. The van der Waals surface area contributed by atoms with Gasteiger partial charge in [-0.15, -0.1) is 0 Å². The van der Waals surface area contributed by atoms with Gasteiger partial charge >= 0.3 is 0 Å². The third-order valence-corrected chi connectivity index (χ3v) is 7.17. The molecule has 0 fully saturated rings. The molecule has 4 rings (SSSR count). The van der Waals surface area contributed by atoms with Crippen LogP contribution in [-0.4, -0.2) is 45.5 Å². The number of rotatable bonds is 11. The maximum atomic E-state index is 13.6. The molecule has 0 saturated heterocycles. The third kappa shape index (κ3) is 10.6. The van der Waals surface area contributed by atoms with Crippen LogP contribution in [0.3, 0.4) is 0 Å². The van der Waals surface area contributed by atoms with E-state index < -0.39 is 12.2 Å². The first-order chi connectivity index (χ1) is 19.4. The Kier molecular flexibility index (Phi) is 14.9. The summed E-state index contributed by atoms with van der Waals surface area (Å²) >= 11 is 0. The molecule has 40 heavy (non-hydrogen) atoms. The number of benzene rings is 3. The monoisotopic (exact) mass is 555 g/mol. The molecule has 3 aromatic carbocycles. The predicted molar refractivity (Wildman–Crippen MR) is 159 cm³/mol. The molecule has 6 heteroatoms. The van der Waals surface area contributed by atoms with Crippen molar-refractivity contribution in [2.45, 2.75) is 85.0 Å². The summed E-state index contributed by atoms with van der Waals surface area (Å²) in [5, 5.41) is 31.8. The van der Waals surface area contributed by atoms with Crippen LogP contribution >= 0.6 is 0 Å². The highest BCUT2D eigenvalue weighted by Crippen LogP contribution is 2.29. The fraction of sp³-hybridized carbons (Fsp3) is 0.471. The lowest BCUT2D eigenvalue weighted by Gasteiger charge is -2.33. The number of aromatic hydroxyl groups is 1. The van der Waals surface area contributed by atoms with Crippen LogP contribution in [0.1, 0.15) is 69.2 Å². The Labute approximate surface area is 239 Å². The van der Waals surface area contributed by atoms with Gasteiger partial charge in [-0.3, -0.25) is 4.90 Å². The number of aryl methyl sites for hydroxylation is 2. The number of aliphatic hydroxyl groups excluding tert-OH is 2. The highest BCUT2D eigenvalue weighted by molar-refractivity contribution is 5.32. The van der Waals surface area contributed by atoms with Crippen molar-refractivity contribution in [3.05, 3.63) is 101 Å². The van der Waals surface area contributed by atoms with Gasteiger partial charge in [0.2, 0.25) is 0 Å². The second-order valence-electron chi connectivity index (χ2n) is 9.98. The molecule has 0 unspecified atom stereocenters. The van der Waals surface area contributed by atoms with Crippen LogP contribution in [-0.2, 0) is 25.8 Å². The molecule has 0 aromatic heterocycles. The Morgan fingerprint density at radius 3 is 2.25 bits per heavy atom. The van der Waals surface area contributed by atoms with E-state index in [0.29, 0.717) is 44.5 Å². The van der Waals surface area contributed by atoms with Crippen molar-refractivity contribution in [2.24, 2.45) is 5.92 Å². The number of nitrogens with zero attached hydrogens (tertiary/aromatic N) is 1. The van der Waals surface area contributed by atoms with Gasteiger partial charge in [-0.05, 0) is 97.0 Å². The summed E-state index contributed by atoms with van der Waals surface area (Å²) in [4.78, 5) is 2.09. The Morgan fingerprint density at radius 1 is 0.850 bits per heavy atom. The highest BCUT2D eigenvalue weighted by atomic mass is 19.1. The summed E-state index contributed by atoms with van der Waals surface area (Å²) in [6.07, 6.45) is 2.67. The van der Waals surface area contributed by atoms with E-state index in [4.69, 9.17) is 0 Å². The molecule has 3 N–H and O–H groups in total. The van der Waals surface area contributed by atoms with Crippen LogP contribution in [0.15, 0.2) is 66.7 Å². The molecule has 4 nitrogen and oxygen atoms in total. The second-order valence-corrected chi connectivity index (χ2v) is 9.98. The quantitative estimate of drug-likeness (QED) is 0.237. The second kappa shape index (κ2) is 17.8. The van der Waals surface area contributed by atoms with Crippen LogP contribution in [0, 0.1) is 17.6 Å². The highest BCUT2D eigenvalue weighted by Gasteiger charge is 2.27. The first kappa shape index (κ1) is 33.4. The molecule has 0 bridgehead atoms. The Bertz CT molecular complexity index is 1130. The summed E-state index contributed by atoms with van der Waals surface area (Å²) in [6, 6.07) is 18.8. The smallest absolute Gasteiger partial charge is 0.123 e. The van der Waals surface area contributed by atoms with Gasteiger partial charge in [-0.1, -0.05) is 64.1 Å². The van der Waals surface area contributed by atoms with Crippen molar-refractivity contribution in [3.63, 3.8) is 0 Å². The molecule has 1 aliphatic rings. The molecule has 0 amide bonds. The van der Waals surface area contributed by atoms with E-state index in [2.05, 4.69) is 4.90 Å². The average molecular weight is 556 g/mol. The first-order valence-electron chi connectivity index (χ1n) is 14.7. The third-order valence-electron chi connectivity index (χ3n) is 7.17. The number of hydrogen-bond acceptors (Lipinski definition) is 4. The molecule has 0 spiro atoms. The molecule has 1 aliphatic carbocycles. The van der Waals surface area contributed by atoms with Crippen molar-refractivity contribution in [2.75, 3.05) is 13.1 Å². The molecular formula is C34H47F2NO3. The lowest BCUT2D eigenvalue weighted by atomic mass is 9.81. The van der Waals surface area contributed by atoms with Crippen molar-refractivity contribution >= 4 is 0 Å². The minimum absolute atomic E-state index is 0.0662. The number of fused-ring (bicyclic) bond motifs is 1. The molecule has 3 aromatic rings.